The van der Waals surface area contributed by atoms with Crippen molar-refractivity contribution in [3.8, 4) is 0 Å². The molecular formula is C11H15ClFNO4S. The third-order valence-electron chi connectivity index (χ3n) is 2.18. The van der Waals surface area contributed by atoms with Crippen molar-refractivity contribution >= 4 is 21.6 Å². The lowest BCUT2D eigenvalue weighted by Gasteiger charge is -2.08. The molecule has 0 aliphatic carbocycles. The Morgan fingerprint density at radius 1 is 1.37 bits per heavy atom. The van der Waals surface area contributed by atoms with Crippen molar-refractivity contribution in [1.29, 1.82) is 0 Å². The molecule has 0 aliphatic rings. The summed E-state index contributed by atoms with van der Waals surface area (Å²) in [4.78, 5) is -0.437. The number of halogens is 2. The number of ether oxygens (including phenoxy) is 1. The lowest BCUT2D eigenvalue weighted by molar-refractivity contribution is 0.0913. The van der Waals surface area contributed by atoms with Gasteiger partial charge in [-0.1, -0.05) is 11.6 Å². The summed E-state index contributed by atoms with van der Waals surface area (Å²) >= 11 is 5.55. The standard InChI is InChI=1S/C11H15ClFNO4S/c12-9-2-3-11(10(13)8-9)19(16,17)14-4-1-6-18-7-5-15/h2-3,8,14-15H,1,4-7H2. The molecule has 5 nitrogen and oxygen atoms in total. The molecule has 0 spiro atoms. The quantitative estimate of drug-likeness (QED) is 0.706. The molecule has 0 bridgehead atoms. The highest BCUT2D eigenvalue weighted by Gasteiger charge is 2.18. The van der Waals surface area contributed by atoms with E-state index in [1.54, 1.807) is 0 Å². The molecule has 0 saturated carbocycles. The summed E-state index contributed by atoms with van der Waals surface area (Å²) in [6, 6.07) is 3.37. The van der Waals surface area contributed by atoms with E-state index in [4.69, 9.17) is 21.4 Å². The van der Waals surface area contributed by atoms with Crippen molar-refractivity contribution in [2.75, 3.05) is 26.4 Å². The molecule has 0 radical (unpaired) electrons. The van der Waals surface area contributed by atoms with Gasteiger partial charge in [0.1, 0.15) is 10.7 Å². The van der Waals surface area contributed by atoms with E-state index in [1.807, 2.05) is 0 Å². The Bertz CT molecular complexity index is 509. The van der Waals surface area contributed by atoms with Gasteiger partial charge in [0.2, 0.25) is 10.0 Å². The first-order valence-corrected chi connectivity index (χ1v) is 7.47. The maximum Gasteiger partial charge on any atom is 0.243 e. The maximum absolute atomic E-state index is 13.5. The van der Waals surface area contributed by atoms with Crippen molar-refractivity contribution in [2.45, 2.75) is 11.3 Å². The van der Waals surface area contributed by atoms with Crippen LogP contribution in [0.15, 0.2) is 23.1 Å². The molecule has 0 saturated heterocycles. The van der Waals surface area contributed by atoms with Gasteiger partial charge < -0.3 is 9.84 Å². The summed E-state index contributed by atoms with van der Waals surface area (Å²) in [5, 5.41) is 8.60. The van der Waals surface area contributed by atoms with Gasteiger partial charge in [-0.25, -0.2) is 17.5 Å². The highest BCUT2D eigenvalue weighted by Crippen LogP contribution is 2.18. The number of rotatable bonds is 8. The lowest BCUT2D eigenvalue weighted by Crippen LogP contribution is -2.26. The summed E-state index contributed by atoms with van der Waals surface area (Å²) in [5.41, 5.74) is 0. The van der Waals surface area contributed by atoms with Crippen molar-refractivity contribution in [3.63, 3.8) is 0 Å². The molecule has 1 rings (SSSR count). The third-order valence-corrected chi connectivity index (χ3v) is 3.91. The first-order valence-electron chi connectivity index (χ1n) is 5.60. The average molecular weight is 312 g/mol. The van der Waals surface area contributed by atoms with Gasteiger partial charge in [0.05, 0.1) is 13.2 Å². The fraction of sp³-hybridized carbons (Fsp3) is 0.455. The van der Waals surface area contributed by atoms with Gasteiger partial charge in [0.25, 0.3) is 0 Å². The van der Waals surface area contributed by atoms with Gasteiger partial charge in [-0.3, -0.25) is 0 Å². The summed E-state index contributed by atoms with van der Waals surface area (Å²) in [6.45, 7) is 0.558. The van der Waals surface area contributed by atoms with Crippen LogP contribution in [0.5, 0.6) is 0 Å². The molecule has 0 unspecified atom stereocenters. The van der Waals surface area contributed by atoms with Crippen LogP contribution in [0.25, 0.3) is 0 Å². The number of benzene rings is 1. The van der Waals surface area contributed by atoms with Crippen molar-refractivity contribution < 1.29 is 22.7 Å². The molecule has 0 amide bonds. The van der Waals surface area contributed by atoms with Gasteiger partial charge in [-0.05, 0) is 24.6 Å². The van der Waals surface area contributed by atoms with Gasteiger partial charge in [-0.15, -0.1) is 0 Å². The highest BCUT2D eigenvalue weighted by atomic mass is 35.5. The Balaban J connectivity index is 2.52. The minimum atomic E-state index is -3.89. The molecule has 19 heavy (non-hydrogen) atoms. The molecule has 0 aliphatic heterocycles. The number of aliphatic hydroxyl groups is 1. The predicted octanol–water partition coefficient (Wildman–Crippen LogP) is 1.16. The Kier molecular flexibility index (Phi) is 6.67. The number of hydrogen-bond donors (Lipinski definition) is 2. The molecule has 108 valence electrons. The van der Waals surface area contributed by atoms with Crippen molar-refractivity contribution in [1.82, 2.24) is 4.72 Å². The molecule has 1 aromatic carbocycles. The van der Waals surface area contributed by atoms with Crippen molar-refractivity contribution in [2.24, 2.45) is 0 Å². The zero-order valence-corrected chi connectivity index (χ0v) is 11.7. The SMILES string of the molecule is O=S(=O)(NCCCOCCO)c1ccc(Cl)cc1F. The topological polar surface area (TPSA) is 75.6 Å². The van der Waals surface area contributed by atoms with Crippen molar-refractivity contribution in [3.05, 3.63) is 29.0 Å². The molecule has 0 heterocycles. The molecule has 1 aromatic rings. The highest BCUT2D eigenvalue weighted by molar-refractivity contribution is 7.89. The first kappa shape index (κ1) is 16.3. The van der Waals surface area contributed by atoms with E-state index in [0.29, 0.717) is 13.0 Å². The Hall–Kier alpha value is -0.730. The number of hydrogen-bond acceptors (Lipinski definition) is 4. The average Bonchev–Trinajstić information content (AvgIpc) is 2.33. The maximum atomic E-state index is 13.5. The summed E-state index contributed by atoms with van der Waals surface area (Å²) in [5.74, 6) is -0.892. The van der Waals surface area contributed by atoms with Gasteiger partial charge >= 0.3 is 0 Å². The molecule has 8 heteroatoms. The van der Waals surface area contributed by atoms with Crippen LogP contribution in [0.2, 0.25) is 5.02 Å². The Labute approximate surface area is 116 Å². The Morgan fingerprint density at radius 2 is 2.11 bits per heavy atom. The molecule has 2 N–H and O–H groups in total. The predicted molar refractivity (Wildman–Crippen MR) is 69.1 cm³/mol. The van der Waals surface area contributed by atoms with E-state index in [9.17, 15) is 12.8 Å². The van der Waals surface area contributed by atoms with E-state index in [-0.39, 0.29) is 24.8 Å². The van der Waals surface area contributed by atoms with Crippen LogP contribution >= 0.6 is 11.6 Å². The molecular weight excluding hydrogens is 297 g/mol. The van der Waals surface area contributed by atoms with E-state index in [1.165, 1.54) is 6.07 Å². The number of nitrogens with one attached hydrogen (secondary N) is 1. The number of sulfonamides is 1. The largest absolute Gasteiger partial charge is 0.394 e. The monoisotopic (exact) mass is 311 g/mol. The molecule has 0 fully saturated rings. The number of aliphatic hydroxyl groups excluding tert-OH is 1. The van der Waals surface area contributed by atoms with Gasteiger partial charge in [-0.2, -0.15) is 0 Å². The third kappa shape index (κ3) is 5.42. The van der Waals surface area contributed by atoms with E-state index >= 15 is 0 Å². The van der Waals surface area contributed by atoms with Gasteiger partial charge in [0, 0.05) is 18.2 Å². The molecule has 0 atom stereocenters. The summed E-state index contributed by atoms with van der Waals surface area (Å²) in [7, 11) is -3.89. The second kappa shape index (κ2) is 7.76. The fourth-order valence-electron chi connectivity index (χ4n) is 1.32. The van der Waals surface area contributed by atoms with E-state index in [2.05, 4.69) is 4.72 Å². The minimum Gasteiger partial charge on any atom is -0.394 e. The zero-order chi connectivity index (χ0) is 14.3. The normalized spacial score (nSPS) is 11.7. The summed E-state index contributed by atoms with van der Waals surface area (Å²) < 4.78 is 44.2. The van der Waals surface area contributed by atoms with Crippen LogP contribution < -0.4 is 4.72 Å². The zero-order valence-electron chi connectivity index (χ0n) is 10.1. The first-order chi connectivity index (χ1) is 8.97. The Morgan fingerprint density at radius 3 is 2.74 bits per heavy atom. The van der Waals surface area contributed by atoms with Crippen LogP contribution in [0.4, 0.5) is 4.39 Å². The smallest absolute Gasteiger partial charge is 0.243 e. The van der Waals surface area contributed by atoms with E-state index in [0.717, 1.165) is 12.1 Å². The van der Waals surface area contributed by atoms with Crippen LogP contribution in [-0.2, 0) is 14.8 Å². The second-order valence-electron chi connectivity index (χ2n) is 3.66. The van der Waals surface area contributed by atoms with Gasteiger partial charge in [0.15, 0.2) is 0 Å². The lowest BCUT2D eigenvalue weighted by atomic mass is 10.3. The second-order valence-corrected chi connectivity index (χ2v) is 5.83. The van der Waals surface area contributed by atoms with E-state index < -0.39 is 20.7 Å². The summed E-state index contributed by atoms with van der Waals surface area (Å²) in [6.07, 6.45) is 0.425. The van der Waals surface area contributed by atoms with Crippen LogP contribution in [0, 0.1) is 5.82 Å². The van der Waals surface area contributed by atoms with Crippen LogP contribution in [0.3, 0.4) is 0 Å². The van der Waals surface area contributed by atoms with Crippen LogP contribution in [0.1, 0.15) is 6.42 Å². The minimum absolute atomic E-state index is 0.0816. The molecule has 0 aromatic heterocycles. The fourth-order valence-corrected chi connectivity index (χ4v) is 2.61. The van der Waals surface area contributed by atoms with Crippen LogP contribution in [-0.4, -0.2) is 39.9 Å².